The number of hydrogen-bond donors (Lipinski definition) is 2. The third-order valence-electron chi connectivity index (χ3n) is 4.41. The van der Waals surface area contributed by atoms with Gasteiger partial charge in [0.2, 0.25) is 0 Å². The smallest absolute Gasteiger partial charge is 0.0704 e. The molecule has 1 heterocycles. The molecule has 1 saturated heterocycles. The number of hydrogen-bond acceptors (Lipinski definition) is 5. The molecule has 0 aromatic rings. The highest BCUT2D eigenvalue weighted by atomic mass is 16.5. The third-order valence-corrected chi connectivity index (χ3v) is 4.41. The van der Waals surface area contributed by atoms with Crippen molar-refractivity contribution in [3.63, 3.8) is 0 Å². The molecule has 2 N–H and O–H groups in total. The third kappa shape index (κ3) is 9.06. The van der Waals surface area contributed by atoms with E-state index in [0.717, 1.165) is 13.1 Å². The molecular weight excluding hydrogens is 280 g/mol. The Morgan fingerprint density at radius 1 is 0.636 bits per heavy atom. The van der Waals surface area contributed by atoms with Crippen LogP contribution in [0.4, 0.5) is 0 Å². The highest BCUT2D eigenvalue weighted by molar-refractivity contribution is 4.70. The van der Waals surface area contributed by atoms with Gasteiger partial charge in [-0.15, -0.1) is 0 Å². The van der Waals surface area contributed by atoms with E-state index in [-0.39, 0.29) is 12.2 Å². The molecule has 0 aliphatic carbocycles. The summed E-state index contributed by atoms with van der Waals surface area (Å²) in [5, 5.41) is 7.09. The Labute approximate surface area is 136 Å². The molecule has 1 aliphatic rings. The first-order valence-electron chi connectivity index (χ1n) is 8.89. The maximum absolute atomic E-state index is 5.80. The molecule has 0 spiro atoms. The molecule has 0 bridgehead atoms. The lowest BCUT2D eigenvalue weighted by molar-refractivity contribution is -0.0299. The van der Waals surface area contributed by atoms with Crippen LogP contribution in [0.25, 0.3) is 0 Å². The fraction of sp³-hybridized carbons (Fsp3) is 1.00. The van der Waals surface area contributed by atoms with Gasteiger partial charge < -0.3 is 24.8 Å². The van der Waals surface area contributed by atoms with Gasteiger partial charge in [-0.05, 0) is 53.6 Å². The van der Waals surface area contributed by atoms with Crippen molar-refractivity contribution in [2.24, 2.45) is 0 Å². The summed E-state index contributed by atoms with van der Waals surface area (Å²) < 4.78 is 17.2. The van der Waals surface area contributed by atoms with Gasteiger partial charge in [-0.2, -0.15) is 0 Å². The van der Waals surface area contributed by atoms with E-state index in [2.05, 4.69) is 38.3 Å². The maximum Gasteiger partial charge on any atom is 0.0704 e. The average Bonchev–Trinajstić information content (AvgIpc) is 2.51. The van der Waals surface area contributed by atoms with Crippen molar-refractivity contribution in [3.05, 3.63) is 0 Å². The Balaban J connectivity index is 2.31. The van der Waals surface area contributed by atoms with E-state index in [4.69, 9.17) is 14.2 Å². The number of nitrogens with one attached hydrogen (secondary N) is 2. The van der Waals surface area contributed by atoms with E-state index < -0.39 is 0 Å². The summed E-state index contributed by atoms with van der Waals surface area (Å²) in [7, 11) is 0. The zero-order chi connectivity index (χ0) is 16.2. The van der Waals surface area contributed by atoms with E-state index in [1.807, 2.05) is 0 Å². The Morgan fingerprint density at radius 2 is 1.09 bits per heavy atom. The molecule has 4 atom stereocenters. The van der Waals surface area contributed by atoms with Gasteiger partial charge in [0.15, 0.2) is 0 Å². The SMILES string of the molecule is CC1NCCCCCNC(C)C(C)OCCOCCOC1C. The maximum atomic E-state index is 5.80. The first-order chi connectivity index (χ1) is 10.6. The summed E-state index contributed by atoms with van der Waals surface area (Å²) in [6.07, 6.45) is 4.09. The van der Waals surface area contributed by atoms with Gasteiger partial charge in [0, 0.05) is 12.1 Å². The van der Waals surface area contributed by atoms with Crippen molar-refractivity contribution in [1.82, 2.24) is 10.6 Å². The predicted molar refractivity (Wildman–Crippen MR) is 90.4 cm³/mol. The lowest BCUT2D eigenvalue weighted by Crippen LogP contribution is -2.39. The van der Waals surface area contributed by atoms with Crippen LogP contribution in [0.1, 0.15) is 47.0 Å². The average molecular weight is 316 g/mol. The minimum Gasteiger partial charge on any atom is -0.377 e. The lowest BCUT2D eigenvalue weighted by atomic mass is 10.1. The first-order valence-corrected chi connectivity index (χ1v) is 8.89. The second-order valence-corrected chi connectivity index (χ2v) is 6.31. The molecule has 1 aliphatic heterocycles. The van der Waals surface area contributed by atoms with Gasteiger partial charge in [0.05, 0.1) is 38.6 Å². The van der Waals surface area contributed by atoms with Crippen molar-refractivity contribution in [2.45, 2.75) is 71.2 Å². The molecule has 0 aromatic heterocycles. The zero-order valence-electron chi connectivity index (χ0n) is 14.9. The van der Waals surface area contributed by atoms with Crippen LogP contribution in [0.5, 0.6) is 0 Å². The van der Waals surface area contributed by atoms with Gasteiger partial charge in [-0.3, -0.25) is 0 Å². The van der Waals surface area contributed by atoms with Crippen LogP contribution < -0.4 is 10.6 Å². The summed E-state index contributed by atoms with van der Waals surface area (Å²) in [4.78, 5) is 0. The first kappa shape index (κ1) is 19.8. The van der Waals surface area contributed by atoms with Crippen LogP contribution in [0.3, 0.4) is 0 Å². The van der Waals surface area contributed by atoms with Crippen LogP contribution in [-0.4, -0.2) is 63.8 Å². The summed E-state index contributed by atoms with van der Waals surface area (Å²) >= 11 is 0. The lowest BCUT2D eigenvalue weighted by Gasteiger charge is -2.23. The predicted octanol–water partition coefficient (Wildman–Crippen LogP) is 1.95. The summed E-state index contributed by atoms with van der Waals surface area (Å²) in [6, 6.07) is 0.752. The highest BCUT2D eigenvalue weighted by Gasteiger charge is 2.13. The molecule has 1 rings (SSSR count). The second kappa shape index (κ2) is 12.3. The molecular formula is C17H36N2O3. The van der Waals surface area contributed by atoms with Crippen LogP contribution >= 0.6 is 0 Å². The van der Waals surface area contributed by atoms with E-state index in [1.165, 1.54) is 19.3 Å². The molecule has 5 heteroatoms. The molecule has 0 saturated carbocycles. The van der Waals surface area contributed by atoms with Gasteiger partial charge in [-0.25, -0.2) is 0 Å². The molecule has 0 amide bonds. The molecule has 4 unspecified atom stereocenters. The monoisotopic (exact) mass is 316 g/mol. The van der Waals surface area contributed by atoms with Crippen molar-refractivity contribution in [3.8, 4) is 0 Å². The van der Waals surface area contributed by atoms with E-state index in [0.29, 0.717) is 38.5 Å². The molecule has 0 radical (unpaired) electrons. The van der Waals surface area contributed by atoms with Crippen LogP contribution in [-0.2, 0) is 14.2 Å². The molecule has 5 nitrogen and oxygen atoms in total. The molecule has 1 fully saturated rings. The largest absolute Gasteiger partial charge is 0.377 e. The summed E-state index contributed by atoms with van der Waals surface area (Å²) in [5.41, 5.74) is 0. The fourth-order valence-corrected chi connectivity index (χ4v) is 2.39. The van der Waals surface area contributed by atoms with Gasteiger partial charge in [0.1, 0.15) is 0 Å². The number of rotatable bonds is 0. The zero-order valence-corrected chi connectivity index (χ0v) is 14.9. The Morgan fingerprint density at radius 3 is 1.55 bits per heavy atom. The molecule has 0 aromatic carbocycles. The quantitative estimate of drug-likeness (QED) is 0.715. The number of ether oxygens (including phenoxy) is 3. The normalized spacial score (nSPS) is 35.5. The van der Waals surface area contributed by atoms with Crippen molar-refractivity contribution in [2.75, 3.05) is 39.5 Å². The second-order valence-electron chi connectivity index (χ2n) is 6.31. The van der Waals surface area contributed by atoms with Crippen LogP contribution in [0.2, 0.25) is 0 Å². The van der Waals surface area contributed by atoms with Gasteiger partial charge in [-0.1, -0.05) is 6.42 Å². The standard InChI is InChI=1S/C17H36N2O3/c1-14-16(3)21-12-10-20-11-13-22-17(4)15(2)19-9-7-5-6-8-18-14/h14-19H,5-13H2,1-4H3. The van der Waals surface area contributed by atoms with E-state index >= 15 is 0 Å². The summed E-state index contributed by atoms with van der Waals surface area (Å²) in [5.74, 6) is 0. The topological polar surface area (TPSA) is 51.8 Å². The Hall–Kier alpha value is -0.200. The van der Waals surface area contributed by atoms with Crippen molar-refractivity contribution < 1.29 is 14.2 Å². The Bertz CT molecular complexity index is 216. The highest BCUT2D eigenvalue weighted by Crippen LogP contribution is 2.02. The van der Waals surface area contributed by atoms with Gasteiger partial charge in [0.25, 0.3) is 0 Å². The van der Waals surface area contributed by atoms with E-state index in [9.17, 15) is 0 Å². The van der Waals surface area contributed by atoms with Crippen LogP contribution in [0.15, 0.2) is 0 Å². The molecule has 22 heavy (non-hydrogen) atoms. The molecule has 132 valence electrons. The minimum absolute atomic E-state index is 0.210. The Kier molecular flexibility index (Phi) is 11.1. The fourth-order valence-electron chi connectivity index (χ4n) is 2.39. The van der Waals surface area contributed by atoms with Crippen molar-refractivity contribution in [1.29, 1.82) is 0 Å². The van der Waals surface area contributed by atoms with E-state index in [1.54, 1.807) is 0 Å². The summed E-state index contributed by atoms with van der Waals surface area (Å²) in [6.45, 7) is 13.2. The van der Waals surface area contributed by atoms with Gasteiger partial charge >= 0.3 is 0 Å². The van der Waals surface area contributed by atoms with Crippen molar-refractivity contribution >= 4 is 0 Å². The minimum atomic E-state index is 0.210. The van der Waals surface area contributed by atoms with Crippen LogP contribution in [0, 0.1) is 0 Å².